The van der Waals surface area contributed by atoms with E-state index in [9.17, 15) is 0 Å². The van der Waals surface area contributed by atoms with E-state index in [1.54, 1.807) is 0 Å². The second kappa shape index (κ2) is 5.65. The first-order chi connectivity index (χ1) is 8.26. The number of ether oxygens (including phenoxy) is 1. The molecule has 1 N–H and O–H groups in total. The number of rotatable bonds is 5. The Labute approximate surface area is 103 Å². The topological polar surface area (TPSA) is 39.1 Å². The van der Waals surface area contributed by atoms with Crippen LogP contribution in [0.1, 0.15) is 25.1 Å². The Hall–Kier alpha value is -0.870. The van der Waals surface area contributed by atoms with Crippen molar-refractivity contribution in [1.82, 2.24) is 14.9 Å². The van der Waals surface area contributed by atoms with Gasteiger partial charge in [0.1, 0.15) is 5.82 Å². The summed E-state index contributed by atoms with van der Waals surface area (Å²) in [6.07, 6.45) is 8.48. The van der Waals surface area contributed by atoms with Crippen molar-refractivity contribution in [2.24, 2.45) is 12.5 Å². The zero-order valence-corrected chi connectivity index (χ0v) is 10.9. The van der Waals surface area contributed by atoms with Gasteiger partial charge in [-0.05, 0) is 31.7 Å². The van der Waals surface area contributed by atoms with E-state index in [0.29, 0.717) is 5.41 Å². The maximum Gasteiger partial charge on any atom is 0.108 e. The van der Waals surface area contributed by atoms with Crippen molar-refractivity contribution in [2.45, 2.75) is 25.7 Å². The lowest BCUT2D eigenvalue weighted by molar-refractivity contribution is 0.0112. The average molecular weight is 237 g/mol. The third-order valence-corrected chi connectivity index (χ3v) is 3.91. The van der Waals surface area contributed by atoms with E-state index in [1.807, 2.05) is 19.4 Å². The molecule has 0 bridgehead atoms. The lowest BCUT2D eigenvalue weighted by Gasteiger charge is -2.37. The minimum Gasteiger partial charge on any atom is -0.381 e. The third kappa shape index (κ3) is 3.07. The van der Waals surface area contributed by atoms with Crippen LogP contribution < -0.4 is 5.32 Å². The molecule has 0 atom stereocenters. The molecule has 1 aliphatic rings. The molecule has 4 heteroatoms. The summed E-state index contributed by atoms with van der Waals surface area (Å²) in [5, 5.41) is 3.34. The van der Waals surface area contributed by atoms with Crippen LogP contribution in [0.5, 0.6) is 0 Å². The predicted octanol–water partition coefficient (Wildman–Crippen LogP) is 1.37. The molecule has 1 aliphatic heterocycles. The highest BCUT2D eigenvalue weighted by molar-refractivity contribution is 4.94. The Morgan fingerprint density at radius 3 is 2.82 bits per heavy atom. The second-order valence-corrected chi connectivity index (χ2v) is 5.10. The van der Waals surface area contributed by atoms with E-state index < -0.39 is 0 Å². The molecular formula is C13H23N3O. The van der Waals surface area contributed by atoms with E-state index >= 15 is 0 Å². The fourth-order valence-electron chi connectivity index (χ4n) is 2.71. The number of nitrogens with zero attached hydrogens (tertiary/aromatic N) is 2. The third-order valence-electron chi connectivity index (χ3n) is 3.91. The first-order valence-electron chi connectivity index (χ1n) is 6.44. The highest BCUT2D eigenvalue weighted by Crippen LogP contribution is 2.34. The molecule has 1 fully saturated rings. The Kier molecular flexibility index (Phi) is 4.18. The smallest absolute Gasteiger partial charge is 0.108 e. The maximum absolute atomic E-state index is 5.48. The quantitative estimate of drug-likeness (QED) is 0.840. The normalized spacial score (nSPS) is 19.4. The molecule has 0 spiro atoms. The zero-order chi connectivity index (χ0) is 12.1. The van der Waals surface area contributed by atoms with Gasteiger partial charge in [-0.25, -0.2) is 4.98 Å². The summed E-state index contributed by atoms with van der Waals surface area (Å²) in [5.41, 5.74) is 0.402. The first-order valence-corrected chi connectivity index (χ1v) is 6.44. The molecule has 0 radical (unpaired) electrons. The van der Waals surface area contributed by atoms with Crippen LogP contribution in [0.4, 0.5) is 0 Å². The van der Waals surface area contributed by atoms with Gasteiger partial charge in [0.05, 0.1) is 0 Å². The Morgan fingerprint density at radius 1 is 1.47 bits per heavy atom. The number of aryl methyl sites for hydroxylation is 2. The van der Waals surface area contributed by atoms with Crippen molar-refractivity contribution >= 4 is 0 Å². The van der Waals surface area contributed by atoms with E-state index in [4.69, 9.17) is 4.74 Å². The molecule has 96 valence electrons. The molecule has 2 heterocycles. The van der Waals surface area contributed by atoms with Crippen molar-refractivity contribution in [3.05, 3.63) is 18.2 Å². The van der Waals surface area contributed by atoms with Crippen molar-refractivity contribution in [2.75, 3.05) is 26.8 Å². The van der Waals surface area contributed by atoms with E-state index in [0.717, 1.165) is 39.0 Å². The van der Waals surface area contributed by atoms with Gasteiger partial charge in [0.2, 0.25) is 0 Å². The van der Waals surface area contributed by atoms with Crippen LogP contribution in [0.3, 0.4) is 0 Å². The molecule has 0 saturated carbocycles. The highest BCUT2D eigenvalue weighted by atomic mass is 16.5. The molecule has 2 rings (SSSR count). The lowest BCUT2D eigenvalue weighted by atomic mass is 9.76. The number of hydrogen-bond acceptors (Lipinski definition) is 3. The zero-order valence-electron chi connectivity index (χ0n) is 10.9. The van der Waals surface area contributed by atoms with Crippen molar-refractivity contribution in [1.29, 1.82) is 0 Å². The molecule has 0 unspecified atom stereocenters. The summed E-state index contributed by atoms with van der Waals surface area (Å²) in [6, 6.07) is 0. The van der Waals surface area contributed by atoms with Crippen LogP contribution in [0.2, 0.25) is 0 Å². The summed E-state index contributed by atoms with van der Waals surface area (Å²) >= 11 is 0. The minimum atomic E-state index is 0.402. The van der Waals surface area contributed by atoms with Crippen LogP contribution in [-0.2, 0) is 18.2 Å². The van der Waals surface area contributed by atoms with Crippen LogP contribution in [0, 0.1) is 5.41 Å². The molecule has 1 aromatic heterocycles. The Morgan fingerprint density at radius 2 is 2.24 bits per heavy atom. The number of imidazole rings is 1. The summed E-state index contributed by atoms with van der Waals surface area (Å²) < 4.78 is 7.60. The van der Waals surface area contributed by atoms with Gasteiger partial charge in [0.25, 0.3) is 0 Å². The molecule has 1 aromatic rings. The van der Waals surface area contributed by atoms with Crippen molar-refractivity contribution in [3.63, 3.8) is 0 Å². The fraction of sp³-hybridized carbons (Fsp3) is 0.769. The number of hydrogen-bond donors (Lipinski definition) is 1. The largest absolute Gasteiger partial charge is 0.381 e. The fourth-order valence-corrected chi connectivity index (χ4v) is 2.71. The molecule has 0 aliphatic carbocycles. The summed E-state index contributed by atoms with van der Waals surface area (Å²) in [7, 11) is 4.11. The lowest BCUT2D eigenvalue weighted by Crippen LogP contribution is -2.38. The van der Waals surface area contributed by atoms with Gasteiger partial charge in [-0.2, -0.15) is 0 Å². The standard InChI is InChI=1S/C13H23N3O/c1-14-11-13(5-9-17-10-6-13)4-3-12-15-7-8-16(12)2/h7-8,14H,3-6,9-11H2,1-2H3. The van der Waals surface area contributed by atoms with Crippen LogP contribution in [0.25, 0.3) is 0 Å². The van der Waals surface area contributed by atoms with Crippen LogP contribution >= 0.6 is 0 Å². The molecular weight excluding hydrogens is 214 g/mol. The predicted molar refractivity (Wildman–Crippen MR) is 67.9 cm³/mol. The van der Waals surface area contributed by atoms with Gasteiger partial charge >= 0.3 is 0 Å². The highest BCUT2D eigenvalue weighted by Gasteiger charge is 2.31. The van der Waals surface area contributed by atoms with E-state index in [-0.39, 0.29) is 0 Å². The number of nitrogens with one attached hydrogen (secondary N) is 1. The average Bonchev–Trinajstić information content (AvgIpc) is 2.74. The van der Waals surface area contributed by atoms with Crippen molar-refractivity contribution in [3.8, 4) is 0 Å². The molecule has 1 saturated heterocycles. The van der Waals surface area contributed by atoms with E-state index in [2.05, 4.69) is 21.9 Å². The number of aromatic nitrogens is 2. The second-order valence-electron chi connectivity index (χ2n) is 5.10. The van der Waals surface area contributed by atoms with Gasteiger partial charge in [-0.1, -0.05) is 0 Å². The SMILES string of the molecule is CNCC1(CCc2nccn2C)CCOCC1. The maximum atomic E-state index is 5.48. The minimum absolute atomic E-state index is 0.402. The monoisotopic (exact) mass is 237 g/mol. The van der Waals surface area contributed by atoms with Gasteiger partial charge in [-0.3, -0.25) is 0 Å². The Bertz CT molecular complexity index is 337. The molecule has 0 amide bonds. The van der Waals surface area contributed by atoms with Crippen LogP contribution in [0.15, 0.2) is 12.4 Å². The van der Waals surface area contributed by atoms with Gasteiger partial charge < -0.3 is 14.6 Å². The summed E-state index contributed by atoms with van der Waals surface area (Å²) in [5.74, 6) is 1.19. The van der Waals surface area contributed by atoms with E-state index in [1.165, 1.54) is 12.2 Å². The van der Waals surface area contributed by atoms with Crippen molar-refractivity contribution < 1.29 is 4.74 Å². The molecule has 0 aromatic carbocycles. The summed E-state index contributed by atoms with van der Waals surface area (Å²) in [6.45, 7) is 2.89. The molecule has 17 heavy (non-hydrogen) atoms. The Balaban J connectivity index is 1.95. The van der Waals surface area contributed by atoms with Gasteiger partial charge in [0.15, 0.2) is 0 Å². The molecule has 4 nitrogen and oxygen atoms in total. The van der Waals surface area contributed by atoms with Crippen LogP contribution in [-0.4, -0.2) is 36.4 Å². The first kappa shape index (κ1) is 12.6. The van der Waals surface area contributed by atoms with Gasteiger partial charge in [-0.15, -0.1) is 0 Å². The van der Waals surface area contributed by atoms with Gasteiger partial charge in [0, 0.05) is 45.6 Å². The summed E-state index contributed by atoms with van der Waals surface area (Å²) in [4.78, 5) is 4.40.